The molecule has 0 spiro atoms. The number of rotatable bonds is 7. The molecule has 0 aromatic carbocycles. The van der Waals surface area contributed by atoms with Gasteiger partial charge in [-0.1, -0.05) is 11.6 Å². The molecule has 1 heterocycles. The first-order chi connectivity index (χ1) is 6.83. The molecule has 14 heavy (non-hydrogen) atoms. The van der Waals surface area contributed by atoms with Crippen LogP contribution < -0.4 is 5.32 Å². The second kappa shape index (κ2) is 7.17. The molecule has 3 nitrogen and oxygen atoms in total. The Hall–Kier alpha value is -0.160. The van der Waals surface area contributed by atoms with Gasteiger partial charge in [-0.25, -0.2) is 4.98 Å². The predicted molar refractivity (Wildman–Crippen MR) is 59.8 cm³/mol. The van der Waals surface area contributed by atoms with Crippen molar-refractivity contribution in [3.05, 3.63) is 15.5 Å². The van der Waals surface area contributed by atoms with E-state index in [-0.39, 0.29) is 0 Å². The van der Waals surface area contributed by atoms with Crippen molar-refractivity contribution in [2.24, 2.45) is 0 Å². The Kier molecular flexibility index (Phi) is 6.10. The van der Waals surface area contributed by atoms with Crippen LogP contribution >= 0.6 is 22.9 Å². The van der Waals surface area contributed by atoms with E-state index >= 15 is 0 Å². The Morgan fingerprint density at radius 3 is 2.93 bits per heavy atom. The Morgan fingerprint density at radius 2 is 2.29 bits per heavy atom. The highest BCUT2D eigenvalue weighted by Gasteiger charge is 1.98. The van der Waals surface area contributed by atoms with E-state index in [0.717, 1.165) is 41.7 Å². The topological polar surface area (TPSA) is 45.1 Å². The molecule has 0 saturated carbocycles. The number of hydrogen-bond acceptors (Lipinski definition) is 4. The van der Waals surface area contributed by atoms with E-state index in [1.807, 2.05) is 0 Å². The number of hydrogen-bond donors (Lipinski definition) is 2. The second-order valence-electron chi connectivity index (χ2n) is 3.02. The van der Waals surface area contributed by atoms with Gasteiger partial charge in [0.15, 0.2) is 0 Å². The molecule has 1 aromatic rings. The molecule has 1 aromatic heterocycles. The van der Waals surface area contributed by atoms with Gasteiger partial charge in [0.05, 0.1) is 6.20 Å². The number of nitrogens with zero attached hydrogens (tertiary/aromatic N) is 1. The average Bonchev–Trinajstić information content (AvgIpc) is 2.58. The van der Waals surface area contributed by atoms with Crippen LogP contribution in [0.1, 0.15) is 24.3 Å². The largest absolute Gasteiger partial charge is 0.396 e. The van der Waals surface area contributed by atoms with E-state index < -0.39 is 0 Å². The maximum atomic E-state index is 8.56. The fourth-order valence-corrected chi connectivity index (χ4v) is 2.03. The second-order valence-corrected chi connectivity index (χ2v) is 4.77. The fraction of sp³-hybridized carbons (Fsp3) is 0.667. The van der Waals surface area contributed by atoms with Gasteiger partial charge < -0.3 is 10.4 Å². The number of aromatic nitrogens is 1. The van der Waals surface area contributed by atoms with Crippen LogP contribution in [0, 0.1) is 0 Å². The van der Waals surface area contributed by atoms with Gasteiger partial charge in [0.2, 0.25) is 0 Å². The Labute approximate surface area is 93.1 Å². The van der Waals surface area contributed by atoms with Crippen LogP contribution in [0.5, 0.6) is 0 Å². The van der Waals surface area contributed by atoms with Gasteiger partial charge in [-0.3, -0.25) is 0 Å². The third-order valence-corrected chi connectivity index (χ3v) is 2.93. The molecule has 5 heteroatoms. The van der Waals surface area contributed by atoms with E-state index in [0.29, 0.717) is 6.61 Å². The Balaban J connectivity index is 1.99. The van der Waals surface area contributed by atoms with Crippen molar-refractivity contribution in [3.8, 4) is 0 Å². The lowest BCUT2D eigenvalue weighted by Crippen LogP contribution is -2.14. The van der Waals surface area contributed by atoms with Crippen molar-refractivity contribution in [2.45, 2.75) is 25.8 Å². The standard InChI is InChI=1S/C9H15ClN2OS/c10-8-6-12-9(14-8)7-11-4-2-1-3-5-13/h6,11,13H,1-5,7H2. The number of unbranched alkanes of at least 4 members (excludes halogenated alkanes) is 2. The quantitative estimate of drug-likeness (QED) is 0.710. The monoisotopic (exact) mass is 234 g/mol. The summed E-state index contributed by atoms with van der Waals surface area (Å²) in [6, 6.07) is 0. The summed E-state index contributed by atoms with van der Waals surface area (Å²) >= 11 is 7.25. The minimum Gasteiger partial charge on any atom is -0.396 e. The molecule has 80 valence electrons. The van der Waals surface area contributed by atoms with Crippen LogP contribution in [0.4, 0.5) is 0 Å². The number of thiazole rings is 1. The van der Waals surface area contributed by atoms with Crippen molar-refractivity contribution in [1.82, 2.24) is 10.3 Å². The van der Waals surface area contributed by atoms with Gasteiger partial charge in [-0.2, -0.15) is 0 Å². The first-order valence-corrected chi connectivity index (χ1v) is 5.94. The summed E-state index contributed by atoms with van der Waals surface area (Å²) in [7, 11) is 0. The van der Waals surface area contributed by atoms with E-state index in [4.69, 9.17) is 16.7 Å². The Bertz CT molecular complexity index is 255. The molecular weight excluding hydrogens is 220 g/mol. The highest BCUT2D eigenvalue weighted by molar-refractivity contribution is 7.15. The van der Waals surface area contributed by atoms with Crippen molar-refractivity contribution in [1.29, 1.82) is 0 Å². The molecule has 0 unspecified atom stereocenters. The molecule has 0 saturated heterocycles. The summed E-state index contributed by atoms with van der Waals surface area (Å²) in [5, 5.41) is 12.9. The first kappa shape index (κ1) is 11.9. The zero-order valence-corrected chi connectivity index (χ0v) is 9.57. The van der Waals surface area contributed by atoms with Crippen molar-refractivity contribution in [2.75, 3.05) is 13.2 Å². The lowest BCUT2D eigenvalue weighted by Gasteiger charge is -2.01. The molecule has 0 aliphatic heterocycles. The number of aliphatic hydroxyl groups excluding tert-OH is 1. The summed E-state index contributed by atoms with van der Waals surface area (Å²) in [6.07, 6.45) is 4.74. The molecule has 1 rings (SSSR count). The molecular formula is C9H15ClN2OS. The molecule has 2 N–H and O–H groups in total. The Morgan fingerprint density at radius 1 is 1.43 bits per heavy atom. The molecule has 0 aliphatic carbocycles. The number of nitrogens with one attached hydrogen (secondary N) is 1. The van der Waals surface area contributed by atoms with Crippen LogP contribution in [-0.2, 0) is 6.54 Å². The zero-order valence-electron chi connectivity index (χ0n) is 8.00. The molecule has 0 aliphatic rings. The van der Waals surface area contributed by atoms with Gasteiger partial charge in [-0.15, -0.1) is 11.3 Å². The summed E-state index contributed by atoms with van der Waals surface area (Å²) < 4.78 is 0.738. The molecule has 0 amide bonds. The fourth-order valence-electron chi connectivity index (χ4n) is 1.10. The maximum Gasteiger partial charge on any atom is 0.113 e. The van der Waals surface area contributed by atoms with E-state index in [1.54, 1.807) is 6.20 Å². The predicted octanol–water partition coefficient (Wildman–Crippen LogP) is 2.05. The molecule has 0 atom stereocenters. The van der Waals surface area contributed by atoms with Gasteiger partial charge in [0.1, 0.15) is 9.34 Å². The lowest BCUT2D eigenvalue weighted by molar-refractivity contribution is 0.283. The van der Waals surface area contributed by atoms with Gasteiger partial charge in [0.25, 0.3) is 0 Å². The molecule has 0 radical (unpaired) electrons. The van der Waals surface area contributed by atoms with E-state index in [2.05, 4.69) is 10.3 Å². The van der Waals surface area contributed by atoms with Gasteiger partial charge >= 0.3 is 0 Å². The van der Waals surface area contributed by atoms with Crippen molar-refractivity contribution < 1.29 is 5.11 Å². The number of halogens is 1. The zero-order chi connectivity index (χ0) is 10.2. The SMILES string of the molecule is OCCCCCNCc1ncc(Cl)s1. The summed E-state index contributed by atoms with van der Waals surface area (Å²) in [5.41, 5.74) is 0. The third-order valence-electron chi connectivity index (χ3n) is 1.81. The maximum absolute atomic E-state index is 8.56. The smallest absolute Gasteiger partial charge is 0.113 e. The molecule has 0 bridgehead atoms. The molecule has 0 fully saturated rings. The summed E-state index contributed by atoms with van der Waals surface area (Å²) in [6.45, 7) is 2.05. The van der Waals surface area contributed by atoms with Gasteiger partial charge in [-0.05, 0) is 25.8 Å². The van der Waals surface area contributed by atoms with E-state index in [1.165, 1.54) is 11.3 Å². The van der Waals surface area contributed by atoms with Crippen LogP contribution in [0.15, 0.2) is 6.20 Å². The van der Waals surface area contributed by atoms with E-state index in [9.17, 15) is 0 Å². The van der Waals surface area contributed by atoms with Gasteiger partial charge in [0, 0.05) is 13.2 Å². The van der Waals surface area contributed by atoms with Crippen molar-refractivity contribution in [3.63, 3.8) is 0 Å². The normalized spacial score (nSPS) is 10.7. The lowest BCUT2D eigenvalue weighted by atomic mass is 10.2. The van der Waals surface area contributed by atoms with Crippen LogP contribution in [0.2, 0.25) is 4.34 Å². The average molecular weight is 235 g/mol. The summed E-state index contributed by atoms with van der Waals surface area (Å²) in [4.78, 5) is 4.13. The van der Waals surface area contributed by atoms with Crippen molar-refractivity contribution >= 4 is 22.9 Å². The van der Waals surface area contributed by atoms with Crippen LogP contribution in [0.3, 0.4) is 0 Å². The minimum absolute atomic E-state index is 0.294. The minimum atomic E-state index is 0.294. The first-order valence-electron chi connectivity index (χ1n) is 4.74. The van der Waals surface area contributed by atoms with Crippen LogP contribution in [0.25, 0.3) is 0 Å². The summed E-state index contributed by atoms with van der Waals surface area (Å²) in [5.74, 6) is 0. The van der Waals surface area contributed by atoms with Crippen LogP contribution in [-0.4, -0.2) is 23.2 Å². The highest BCUT2D eigenvalue weighted by Crippen LogP contribution is 2.17. The number of aliphatic hydroxyl groups is 1. The third kappa shape index (κ3) is 4.91. The highest BCUT2D eigenvalue weighted by atomic mass is 35.5.